The van der Waals surface area contributed by atoms with Crippen LogP contribution in [0.25, 0.3) is 11.2 Å². The average Bonchev–Trinajstić information content (AvgIpc) is 3.78. The van der Waals surface area contributed by atoms with E-state index >= 15 is 0 Å². The van der Waals surface area contributed by atoms with Crippen molar-refractivity contribution in [3.8, 4) is 11.5 Å². The van der Waals surface area contributed by atoms with Gasteiger partial charge in [-0.2, -0.15) is 4.52 Å². The Kier molecular flexibility index (Phi) is 13.4. The standard InChI is InChI=1S/C31H30N5O6PS.C6H15N/c1-38-23-12-8-21(9-13-23)31(20-6-4-3-5-7-20,22-10-14-24(39-2)15-11-22)40-17-26-25(42-43(37)44)16-27(41-26)36-19-35-28-29(32)33-18-34-30(28)36;1-4-7(5-2)6-3/h3-15,18-19,25-27H,16-17H2,1-2H3,(H2,32,33,34);4-6H2,1-3H3/p+1/t25-,26+,27+;/m0./s1. The van der Waals surface area contributed by atoms with E-state index in [1.54, 1.807) is 30.0 Å². The number of imidazole rings is 1. The summed E-state index contributed by atoms with van der Waals surface area (Å²) >= 11 is 4.95. The molecule has 3 aromatic carbocycles. The number of ether oxygens (including phenoxy) is 4. The van der Waals surface area contributed by atoms with Crippen molar-refractivity contribution in [2.45, 2.75) is 51.2 Å². The zero-order valence-corrected chi connectivity index (χ0v) is 31.3. The number of nitrogens with zero attached hydrogens (tertiary/aromatic N) is 4. The summed E-state index contributed by atoms with van der Waals surface area (Å²) in [5.41, 5.74) is 8.53. The van der Waals surface area contributed by atoms with Crippen LogP contribution in [-0.2, 0) is 36.4 Å². The summed E-state index contributed by atoms with van der Waals surface area (Å²) in [6.45, 7) is 10.6. The molecule has 1 saturated heterocycles. The largest absolute Gasteiger partial charge is 0.497 e. The van der Waals surface area contributed by atoms with Crippen molar-refractivity contribution < 1.29 is 32.9 Å². The number of benzene rings is 3. The van der Waals surface area contributed by atoms with Crippen LogP contribution in [0.5, 0.6) is 11.5 Å². The van der Waals surface area contributed by atoms with Gasteiger partial charge in [-0.3, -0.25) is 4.57 Å². The molecule has 6 rings (SSSR count). The molecule has 51 heavy (non-hydrogen) atoms. The maximum Gasteiger partial charge on any atom is 0.372 e. The van der Waals surface area contributed by atoms with E-state index in [4.69, 9.17) is 41.5 Å². The summed E-state index contributed by atoms with van der Waals surface area (Å²) in [7, 11) is 0.916. The predicted octanol–water partition coefficient (Wildman–Crippen LogP) is 5.24. The smallest absolute Gasteiger partial charge is 0.372 e. The fourth-order valence-electron chi connectivity index (χ4n) is 6.35. The molecular weight excluding hydrogens is 687 g/mol. The van der Waals surface area contributed by atoms with Crippen molar-refractivity contribution in [1.82, 2.24) is 19.5 Å². The predicted molar refractivity (Wildman–Crippen MR) is 199 cm³/mol. The summed E-state index contributed by atoms with van der Waals surface area (Å²) < 4.78 is 44.0. The van der Waals surface area contributed by atoms with Crippen molar-refractivity contribution in [2.24, 2.45) is 0 Å². The van der Waals surface area contributed by atoms with Crippen LogP contribution in [0, 0.1) is 0 Å². The van der Waals surface area contributed by atoms with Crippen LogP contribution in [0.2, 0.25) is 0 Å². The highest BCUT2D eigenvalue weighted by atomic mass is 32.7. The second-order valence-electron chi connectivity index (χ2n) is 11.9. The summed E-state index contributed by atoms with van der Waals surface area (Å²) in [4.78, 5) is 14.4. The van der Waals surface area contributed by atoms with Crippen molar-refractivity contribution in [3.63, 3.8) is 0 Å². The molecule has 3 N–H and O–H groups in total. The number of methoxy groups -OCH3 is 2. The normalized spacial score (nSPS) is 17.6. The fraction of sp³-hybridized carbons (Fsp3) is 0.378. The molecule has 14 heteroatoms. The van der Waals surface area contributed by atoms with E-state index in [1.165, 1.54) is 26.0 Å². The van der Waals surface area contributed by atoms with E-state index in [-0.39, 0.29) is 12.4 Å². The molecule has 0 amide bonds. The Morgan fingerprint density at radius 2 is 1.45 bits per heavy atom. The molecule has 4 atom stereocenters. The number of hydrogen-bond acceptors (Lipinski definition) is 11. The molecule has 0 radical (unpaired) electrons. The van der Waals surface area contributed by atoms with Crippen LogP contribution in [0.4, 0.5) is 5.82 Å². The maximum absolute atomic E-state index is 12.1. The first-order valence-electron chi connectivity index (χ1n) is 17.0. The summed E-state index contributed by atoms with van der Waals surface area (Å²) in [6, 6.07) is 25.4. The highest BCUT2D eigenvalue weighted by molar-refractivity contribution is 8.25. The Bertz CT molecular complexity index is 1790. The van der Waals surface area contributed by atoms with Gasteiger partial charge in [-0.05, 0) is 61.7 Å². The minimum atomic E-state index is -2.34. The zero-order chi connectivity index (χ0) is 36.4. The lowest BCUT2D eigenvalue weighted by molar-refractivity contribution is -0.894. The Labute approximate surface area is 305 Å². The molecule has 12 nitrogen and oxygen atoms in total. The van der Waals surface area contributed by atoms with Crippen molar-refractivity contribution in [3.05, 3.63) is 108 Å². The first-order valence-corrected chi connectivity index (χ1v) is 19.2. The topological polar surface area (TPSA) is 137 Å². The van der Waals surface area contributed by atoms with Crippen molar-refractivity contribution in [1.29, 1.82) is 0 Å². The van der Waals surface area contributed by atoms with Crippen LogP contribution < -0.4 is 20.1 Å². The molecule has 0 saturated carbocycles. The van der Waals surface area contributed by atoms with Crippen LogP contribution in [0.1, 0.15) is 50.1 Å². The number of fused-ring (bicyclic) bond motifs is 1. The van der Waals surface area contributed by atoms with Gasteiger partial charge in [0, 0.05) is 6.42 Å². The summed E-state index contributed by atoms with van der Waals surface area (Å²) in [6.07, 6.45) is 1.49. The number of aromatic nitrogens is 4. The van der Waals surface area contributed by atoms with Gasteiger partial charge in [0.1, 0.15) is 47.4 Å². The average molecular weight is 734 g/mol. The number of nitrogen functional groups attached to an aromatic ring is 1. The molecule has 1 fully saturated rings. The maximum atomic E-state index is 12.1. The molecule has 2 aromatic heterocycles. The summed E-state index contributed by atoms with van der Waals surface area (Å²) in [5, 5.41) is 0. The molecule has 5 aromatic rings. The van der Waals surface area contributed by atoms with Gasteiger partial charge >= 0.3 is 7.23 Å². The fourth-order valence-corrected chi connectivity index (χ4v) is 7.13. The Balaban J connectivity index is 0.000000654. The molecule has 1 unspecified atom stereocenters. The van der Waals surface area contributed by atoms with Gasteiger partial charge in [0.25, 0.3) is 0 Å². The van der Waals surface area contributed by atoms with Crippen LogP contribution in [-0.4, -0.2) is 72.2 Å². The highest BCUT2D eigenvalue weighted by Gasteiger charge is 2.44. The van der Waals surface area contributed by atoms with Crippen LogP contribution in [0.15, 0.2) is 91.5 Å². The number of nitrogens with two attached hydrogens (primary N) is 1. The second kappa shape index (κ2) is 17.9. The molecule has 1 aliphatic rings. The zero-order valence-electron chi connectivity index (χ0n) is 29.6. The summed E-state index contributed by atoms with van der Waals surface area (Å²) in [5.74, 6) is 1.69. The SMILES string of the molecule is CC[NH+](CC)CC.COc1ccc(C(OC[C@H]2O[C@@H](n3cnc4c(N)ncnc43)C[C@@H]2O[P+](=O)[S-])(c2ccccc2)c2ccc(OC)cc2)cc1. The van der Waals surface area contributed by atoms with Gasteiger partial charge in [-0.25, -0.2) is 15.0 Å². The number of quaternary nitrogens is 1. The minimum Gasteiger partial charge on any atom is -0.497 e. The van der Waals surface area contributed by atoms with Gasteiger partial charge in [0.15, 0.2) is 11.5 Å². The number of nitrogens with one attached hydrogen (secondary N) is 1. The van der Waals surface area contributed by atoms with Gasteiger partial charge in [-0.1, -0.05) is 59.2 Å². The van der Waals surface area contributed by atoms with Crippen molar-refractivity contribution in [2.75, 3.05) is 46.2 Å². The third-order valence-electron chi connectivity index (χ3n) is 9.24. The van der Waals surface area contributed by atoms with Gasteiger partial charge < -0.3 is 41.8 Å². The number of hydrogen-bond donors (Lipinski definition) is 2. The molecule has 3 heterocycles. The quantitative estimate of drug-likeness (QED) is 0.0881. The first-order chi connectivity index (χ1) is 24.8. The second-order valence-corrected chi connectivity index (χ2v) is 13.5. The molecule has 270 valence electrons. The third-order valence-corrected chi connectivity index (χ3v) is 9.94. The molecule has 0 aliphatic carbocycles. The number of anilines is 1. The minimum absolute atomic E-state index is 0.0659. The van der Waals surface area contributed by atoms with E-state index in [0.29, 0.717) is 29.1 Å². The van der Waals surface area contributed by atoms with Crippen LogP contribution in [0.3, 0.4) is 0 Å². The lowest BCUT2D eigenvalue weighted by atomic mass is 9.80. The lowest BCUT2D eigenvalue weighted by Gasteiger charge is -2.37. The molecule has 1 aliphatic heterocycles. The van der Waals surface area contributed by atoms with E-state index in [9.17, 15) is 4.57 Å². The van der Waals surface area contributed by atoms with E-state index in [1.807, 2.05) is 78.9 Å². The van der Waals surface area contributed by atoms with E-state index in [2.05, 4.69) is 35.7 Å². The monoisotopic (exact) mass is 733 g/mol. The van der Waals surface area contributed by atoms with E-state index < -0.39 is 31.3 Å². The third kappa shape index (κ3) is 8.69. The molecular formula is C37H46N6O6PS+. The first kappa shape index (κ1) is 38.1. The Morgan fingerprint density at radius 1 is 0.882 bits per heavy atom. The number of rotatable bonds is 14. The van der Waals surface area contributed by atoms with Gasteiger partial charge in [0.2, 0.25) is 0 Å². The lowest BCUT2D eigenvalue weighted by Crippen LogP contribution is -3.11. The Hall–Kier alpha value is -4.10. The Morgan fingerprint density at radius 3 is 1.96 bits per heavy atom. The van der Waals surface area contributed by atoms with E-state index in [0.717, 1.165) is 16.7 Å². The van der Waals surface area contributed by atoms with Gasteiger partial charge in [0.05, 0.1) is 46.8 Å². The van der Waals surface area contributed by atoms with Gasteiger partial charge in [-0.15, -0.1) is 0 Å². The molecule has 0 spiro atoms. The van der Waals surface area contributed by atoms with Crippen LogP contribution >= 0.6 is 7.23 Å². The molecule has 0 bridgehead atoms. The highest BCUT2D eigenvalue weighted by Crippen LogP contribution is 2.44. The van der Waals surface area contributed by atoms with Crippen molar-refractivity contribution >= 4 is 36.5 Å².